The van der Waals surface area contributed by atoms with Crippen LogP contribution in [0.15, 0.2) is 37.9 Å². The van der Waals surface area contributed by atoms with E-state index < -0.39 is 0 Å². The zero-order valence-corrected chi connectivity index (χ0v) is 17.8. The molecule has 4 nitrogen and oxygen atoms in total. The molecule has 1 aliphatic carbocycles. The molecule has 0 N–H and O–H groups in total. The first kappa shape index (κ1) is 18.1. The summed E-state index contributed by atoms with van der Waals surface area (Å²) < 4.78 is 12.9. The van der Waals surface area contributed by atoms with Gasteiger partial charge in [0.2, 0.25) is 0 Å². The van der Waals surface area contributed by atoms with E-state index in [0.29, 0.717) is 29.6 Å². The van der Waals surface area contributed by atoms with Crippen LogP contribution in [0.25, 0.3) is 11.0 Å². The van der Waals surface area contributed by atoms with Gasteiger partial charge in [-0.05, 0) is 68.0 Å². The number of benzene rings is 2. The van der Waals surface area contributed by atoms with Crippen molar-refractivity contribution in [2.45, 2.75) is 39.2 Å². The van der Waals surface area contributed by atoms with Crippen LogP contribution < -0.4 is 15.3 Å². The second-order valence-corrected chi connectivity index (χ2v) is 8.76. The standard InChI is InChI=1S/C22H19BrClNO3/c1-12-8-13(6-7-18(12)23)25-10-17-20-16(9-19(24)21(17)27-11-25)14-4-2-3-5-15(14)22(26)28-20/h6-9H,2-5,10-11H2,1H3. The first-order chi connectivity index (χ1) is 13.5. The van der Waals surface area contributed by atoms with Gasteiger partial charge in [-0.15, -0.1) is 0 Å². The minimum absolute atomic E-state index is 0.219. The Labute approximate surface area is 176 Å². The predicted octanol–water partition coefficient (Wildman–Crippen LogP) is 5.75. The SMILES string of the molecule is Cc1cc(N2COc3c(Cl)cc4c5c(c(=O)oc4c3C2)CCCC5)ccc1Br. The van der Waals surface area contributed by atoms with Crippen LogP contribution in [0.1, 0.15) is 35.1 Å². The van der Waals surface area contributed by atoms with Crippen molar-refractivity contribution in [1.29, 1.82) is 0 Å². The summed E-state index contributed by atoms with van der Waals surface area (Å²) in [6.07, 6.45) is 3.79. The van der Waals surface area contributed by atoms with Gasteiger partial charge in [0.1, 0.15) is 11.3 Å². The zero-order valence-electron chi connectivity index (χ0n) is 15.5. The number of halogens is 2. The Hall–Kier alpha value is -1.98. The summed E-state index contributed by atoms with van der Waals surface area (Å²) in [6.45, 7) is 3.04. The molecule has 0 unspecified atom stereocenters. The lowest BCUT2D eigenvalue weighted by atomic mass is 9.90. The number of rotatable bonds is 1. The van der Waals surface area contributed by atoms with Crippen LogP contribution in [0.2, 0.25) is 5.02 Å². The van der Waals surface area contributed by atoms with Gasteiger partial charge >= 0.3 is 5.63 Å². The molecule has 0 atom stereocenters. The molecule has 0 saturated heterocycles. The lowest BCUT2D eigenvalue weighted by molar-refractivity contribution is 0.289. The minimum Gasteiger partial charge on any atom is -0.471 e. The highest BCUT2D eigenvalue weighted by atomic mass is 79.9. The van der Waals surface area contributed by atoms with Crippen molar-refractivity contribution in [2.24, 2.45) is 0 Å². The largest absolute Gasteiger partial charge is 0.471 e. The van der Waals surface area contributed by atoms with Gasteiger partial charge in [0, 0.05) is 21.1 Å². The van der Waals surface area contributed by atoms with Crippen LogP contribution >= 0.6 is 27.5 Å². The van der Waals surface area contributed by atoms with E-state index in [9.17, 15) is 4.79 Å². The van der Waals surface area contributed by atoms with Crippen molar-refractivity contribution in [2.75, 3.05) is 11.6 Å². The highest BCUT2D eigenvalue weighted by molar-refractivity contribution is 9.10. The number of anilines is 1. The molecule has 0 fully saturated rings. The van der Waals surface area contributed by atoms with Crippen LogP contribution in [0, 0.1) is 6.92 Å². The topological polar surface area (TPSA) is 42.7 Å². The number of hydrogen-bond acceptors (Lipinski definition) is 4. The Balaban J connectivity index is 1.67. The molecular formula is C22H19BrClNO3. The Morgan fingerprint density at radius 2 is 1.89 bits per heavy atom. The molecule has 0 spiro atoms. The lowest BCUT2D eigenvalue weighted by Gasteiger charge is -2.32. The predicted molar refractivity (Wildman–Crippen MR) is 115 cm³/mol. The van der Waals surface area contributed by atoms with E-state index in [4.69, 9.17) is 20.8 Å². The fourth-order valence-electron chi connectivity index (χ4n) is 4.26. The molecule has 2 aliphatic rings. The monoisotopic (exact) mass is 459 g/mol. The molecule has 28 heavy (non-hydrogen) atoms. The van der Waals surface area contributed by atoms with Crippen molar-refractivity contribution < 1.29 is 9.15 Å². The summed E-state index contributed by atoms with van der Waals surface area (Å²) in [7, 11) is 0. The van der Waals surface area contributed by atoms with Gasteiger partial charge in [0.15, 0.2) is 6.73 Å². The Kier molecular flexibility index (Phi) is 4.40. The van der Waals surface area contributed by atoms with Gasteiger partial charge < -0.3 is 14.1 Å². The Morgan fingerprint density at radius 1 is 1.11 bits per heavy atom. The molecule has 2 aromatic carbocycles. The zero-order chi connectivity index (χ0) is 19.4. The molecule has 1 aromatic heterocycles. The first-order valence-electron chi connectivity index (χ1n) is 9.47. The van der Waals surface area contributed by atoms with Crippen LogP contribution in [0.3, 0.4) is 0 Å². The number of nitrogens with zero attached hydrogens (tertiary/aromatic N) is 1. The third-order valence-electron chi connectivity index (χ3n) is 5.74. The van der Waals surface area contributed by atoms with Crippen LogP contribution in [-0.4, -0.2) is 6.73 Å². The van der Waals surface area contributed by atoms with Gasteiger partial charge in [-0.3, -0.25) is 0 Å². The van der Waals surface area contributed by atoms with E-state index in [-0.39, 0.29) is 5.63 Å². The number of hydrogen-bond donors (Lipinski definition) is 0. The van der Waals surface area contributed by atoms with Gasteiger partial charge in [-0.2, -0.15) is 0 Å². The molecule has 6 heteroatoms. The maximum absolute atomic E-state index is 12.6. The normalized spacial score (nSPS) is 15.9. The van der Waals surface area contributed by atoms with Gasteiger partial charge in [0.25, 0.3) is 0 Å². The first-order valence-corrected chi connectivity index (χ1v) is 10.6. The van der Waals surface area contributed by atoms with Crippen molar-refractivity contribution in [3.63, 3.8) is 0 Å². The van der Waals surface area contributed by atoms with Crippen LogP contribution in [0.4, 0.5) is 5.69 Å². The van der Waals surface area contributed by atoms with E-state index in [1.807, 2.05) is 12.1 Å². The Bertz CT molecular complexity index is 1170. The molecule has 0 saturated carbocycles. The Morgan fingerprint density at radius 3 is 2.68 bits per heavy atom. The summed E-state index contributed by atoms with van der Waals surface area (Å²) in [5, 5.41) is 1.53. The smallest absolute Gasteiger partial charge is 0.339 e. The molecule has 5 rings (SSSR count). The van der Waals surface area contributed by atoms with Gasteiger partial charge in [-0.25, -0.2) is 4.79 Å². The second kappa shape index (κ2) is 6.82. The summed E-state index contributed by atoms with van der Waals surface area (Å²) >= 11 is 10.1. The van der Waals surface area contributed by atoms with E-state index >= 15 is 0 Å². The van der Waals surface area contributed by atoms with Crippen molar-refractivity contribution in [3.8, 4) is 5.75 Å². The molecule has 0 amide bonds. The van der Waals surface area contributed by atoms with Gasteiger partial charge in [0.05, 0.1) is 17.1 Å². The number of aryl methyl sites for hydroxylation is 2. The quantitative estimate of drug-likeness (QED) is 0.434. The fourth-order valence-corrected chi connectivity index (χ4v) is 4.78. The maximum Gasteiger partial charge on any atom is 0.339 e. The summed E-state index contributed by atoms with van der Waals surface area (Å²) in [6, 6.07) is 8.11. The number of fused-ring (bicyclic) bond motifs is 5. The molecule has 2 heterocycles. The highest BCUT2D eigenvalue weighted by Gasteiger charge is 2.27. The molecule has 0 bridgehead atoms. The fraction of sp³-hybridized carbons (Fsp3) is 0.318. The average Bonchev–Trinajstić information content (AvgIpc) is 2.71. The number of ether oxygens (including phenoxy) is 1. The molecule has 3 aromatic rings. The molecule has 1 aliphatic heterocycles. The summed E-state index contributed by atoms with van der Waals surface area (Å²) in [5.41, 5.74) is 5.36. The lowest BCUT2D eigenvalue weighted by Crippen LogP contribution is -2.32. The maximum atomic E-state index is 12.6. The van der Waals surface area contributed by atoms with Gasteiger partial charge in [-0.1, -0.05) is 27.5 Å². The van der Waals surface area contributed by atoms with E-state index in [0.717, 1.165) is 63.5 Å². The summed E-state index contributed by atoms with van der Waals surface area (Å²) in [4.78, 5) is 14.7. The van der Waals surface area contributed by atoms with E-state index in [2.05, 4.69) is 39.9 Å². The van der Waals surface area contributed by atoms with E-state index in [1.54, 1.807) is 0 Å². The molecule has 144 valence electrons. The molecular weight excluding hydrogens is 442 g/mol. The summed E-state index contributed by atoms with van der Waals surface area (Å²) in [5.74, 6) is 0.623. The highest BCUT2D eigenvalue weighted by Crippen LogP contribution is 2.41. The van der Waals surface area contributed by atoms with Crippen LogP contribution in [0.5, 0.6) is 5.75 Å². The third-order valence-corrected chi connectivity index (χ3v) is 6.91. The molecule has 0 radical (unpaired) electrons. The second-order valence-electron chi connectivity index (χ2n) is 7.50. The average molecular weight is 461 g/mol. The third kappa shape index (κ3) is 2.83. The van der Waals surface area contributed by atoms with Crippen molar-refractivity contribution in [3.05, 3.63) is 66.4 Å². The van der Waals surface area contributed by atoms with Crippen molar-refractivity contribution >= 4 is 44.2 Å². The van der Waals surface area contributed by atoms with E-state index in [1.165, 1.54) is 0 Å². The van der Waals surface area contributed by atoms with Crippen LogP contribution in [-0.2, 0) is 19.4 Å². The van der Waals surface area contributed by atoms with Crippen molar-refractivity contribution in [1.82, 2.24) is 0 Å². The minimum atomic E-state index is -0.219.